The molecule has 0 unspecified atom stereocenters. The van der Waals surface area contributed by atoms with Gasteiger partial charge in [-0.3, -0.25) is 4.79 Å². The van der Waals surface area contributed by atoms with Crippen LogP contribution in [0.1, 0.15) is 36.9 Å². The van der Waals surface area contributed by atoms with Crippen molar-refractivity contribution in [3.8, 4) is 0 Å². The van der Waals surface area contributed by atoms with Crippen LogP contribution < -0.4 is 5.32 Å². The summed E-state index contributed by atoms with van der Waals surface area (Å²) in [6.07, 6.45) is 0.613. The molecule has 0 bridgehead atoms. The molecule has 0 aliphatic carbocycles. The Morgan fingerprint density at radius 3 is 2.67 bits per heavy atom. The number of carbonyl (C=O) groups is 2. The molecule has 33 heavy (non-hydrogen) atoms. The van der Waals surface area contributed by atoms with E-state index in [4.69, 9.17) is 4.74 Å². The SMILES string of the molecule is CCC1=C(C(=O)OC)[C@H](c2cccc(F)c2)N2C(CC(=O)NCc3ccccc3)=CSC2=N1. The Kier molecular flexibility index (Phi) is 6.93. The Morgan fingerprint density at radius 2 is 1.97 bits per heavy atom. The first-order chi connectivity index (χ1) is 16.0. The van der Waals surface area contributed by atoms with Gasteiger partial charge in [0.1, 0.15) is 5.82 Å². The number of amides is 1. The van der Waals surface area contributed by atoms with E-state index >= 15 is 0 Å². The Balaban J connectivity index is 1.64. The highest BCUT2D eigenvalue weighted by Gasteiger charge is 2.41. The van der Waals surface area contributed by atoms with E-state index in [1.165, 1.54) is 31.0 Å². The zero-order valence-corrected chi connectivity index (χ0v) is 19.2. The molecule has 170 valence electrons. The van der Waals surface area contributed by atoms with Crippen LogP contribution in [-0.2, 0) is 20.9 Å². The van der Waals surface area contributed by atoms with E-state index in [0.717, 1.165) is 5.56 Å². The summed E-state index contributed by atoms with van der Waals surface area (Å²) >= 11 is 1.39. The van der Waals surface area contributed by atoms with Gasteiger partial charge in [0, 0.05) is 12.2 Å². The molecular weight excluding hydrogens is 441 g/mol. The molecule has 1 amide bonds. The van der Waals surface area contributed by atoms with Crippen molar-refractivity contribution in [3.63, 3.8) is 0 Å². The number of thioether (sulfide) groups is 1. The van der Waals surface area contributed by atoms with Crippen molar-refractivity contribution in [3.05, 3.63) is 93.9 Å². The smallest absolute Gasteiger partial charge is 0.338 e. The molecule has 0 saturated carbocycles. The minimum atomic E-state index is -0.640. The van der Waals surface area contributed by atoms with Gasteiger partial charge in [0.15, 0.2) is 5.17 Å². The highest BCUT2D eigenvalue weighted by molar-refractivity contribution is 8.16. The minimum Gasteiger partial charge on any atom is -0.466 e. The fourth-order valence-electron chi connectivity index (χ4n) is 3.93. The number of ether oxygens (including phenoxy) is 1. The van der Waals surface area contributed by atoms with Crippen molar-refractivity contribution >= 4 is 28.8 Å². The van der Waals surface area contributed by atoms with Gasteiger partial charge in [-0.25, -0.2) is 14.2 Å². The summed E-state index contributed by atoms with van der Waals surface area (Å²) in [5, 5.41) is 5.45. The first kappa shape index (κ1) is 22.8. The molecule has 0 fully saturated rings. The Morgan fingerprint density at radius 1 is 1.18 bits per heavy atom. The number of fused-ring (bicyclic) bond motifs is 1. The molecule has 8 heteroatoms. The second kappa shape index (κ2) is 10.0. The molecule has 6 nitrogen and oxygen atoms in total. The van der Waals surface area contributed by atoms with Gasteiger partial charge in [0.05, 0.1) is 30.8 Å². The summed E-state index contributed by atoms with van der Waals surface area (Å²) < 4.78 is 19.2. The lowest BCUT2D eigenvalue weighted by Crippen LogP contribution is -2.38. The average molecular weight is 466 g/mol. The summed E-state index contributed by atoms with van der Waals surface area (Å²) in [5.74, 6) is -1.08. The third kappa shape index (κ3) is 4.85. The predicted molar refractivity (Wildman–Crippen MR) is 126 cm³/mol. The summed E-state index contributed by atoms with van der Waals surface area (Å²) in [7, 11) is 1.32. The topological polar surface area (TPSA) is 71.0 Å². The van der Waals surface area contributed by atoms with Gasteiger partial charge in [-0.2, -0.15) is 0 Å². The summed E-state index contributed by atoms with van der Waals surface area (Å²) in [5.41, 5.74) is 3.23. The molecule has 0 radical (unpaired) electrons. The van der Waals surface area contributed by atoms with Crippen LogP contribution in [0.25, 0.3) is 0 Å². The maximum Gasteiger partial charge on any atom is 0.338 e. The molecule has 2 heterocycles. The van der Waals surface area contributed by atoms with E-state index in [1.807, 2.05) is 47.6 Å². The summed E-state index contributed by atoms with van der Waals surface area (Å²) in [4.78, 5) is 32.1. The number of nitrogens with one attached hydrogen (secondary N) is 1. The Hall–Kier alpha value is -3.39. The number of nitrogens with zero attached hydrogens (tertiary/aromatic N) is 2. The molecule has 2 aliphatic rings. The first-order valence-corrected chi connectivity index (χ1v) is 11.5. The zero-order valence-electron chi connectivity index (χ0n) is 18.4. The second-order valence-corrected chi connectivity index (χ2v) is 8.43. The number of hydrogen-bond donors (Lipinski definition) is 1. The highest BCUT2D eigenvalue weighted by atomic mass is 32.2. The van der Waals surface area contributed by atoms with Crippen LogP contribution in [-0.4, -0.2) is 29.1 Å². The lowest BCUT2D eigenvalue weighted by Gasteiger charge is -2.36. The number of methoxy groups -OCH3 is 1. The highest BCUT2D eigenvalue weighted by Crippen LogP contribution is 2.45. The van der Waals surface area contributed by atoms with Crippen LogP contribution in [0.2, 0.25) is 0 Å². The van der Waals surface area contributed by atoms with Crippen LogP contribution in [0.4, 0.5) is 4.39 Å². The lowest BCUT2D eigenvalue weighted by atomic mass is 9.93. The number of rotatable bonds is 7. The predicted octanol–water partition coefficient (Wildman–Crippen LogP) is 4.67. The van der Waals surface area contributed by atoms with Gasteiger partial charge in [0.2, 0.25) is 5.91 Å². The number of benzene rings is 2. The van der Waals surface area contributed by atoms with Crippen molar-refractivity contribution in [1.82, 2.24) is 10.2 Å². The number of carbonyl (C=O) groups excluding carboxylic acids is 2. The van der Waals surface area contributed by atoms with E-state index in [1.54, 1.807) is 12.1 Å². The fraction of sp³-hybridized carbons (Fsp3) is 0.240. The monoisotopic (exact) mass is 465 g/mol. The number of amidine groups is 1. The molecule has 1 N–H and O–H groups in total. The number of halogens is 1. The van der Waals surface area contributed by atoms with Gasteiger partial charge >= 0.3 is 5.97 Å². The van der Waals surface area contributed by atoms with Crippen LogP contribution >= 0.6 is 11.8 Å². The van der Waals surface area contributed by atoms with Crippen molar-refractivity contribution in [2.24, 2.45) is 4.99 Å². The van der Waals surface area contributed by atoms with E-state index < -0.39 is 17.8 Å². The fourth-order valence-corrected chi connectivity index (χ4v) is 4.87. The minimum absolute atomic E-state index is 0.0978. The molecule has 0 saturated heterocycles. The molecule has 2 aromatic rings. The number of hydrogen-bond acceptors (Lipinski definition) is 6. The molecule has 0 spiro atoms. The summed E-state index contributed by atoms with van der Waals surface area (Å²) in [6.45, 7) is 2.33. The number of esters is 1. The van der Waals surface area contributed by atoms with E-state index in [-0.39, 0.29) is 12.3 Å². The van der Waals surface area contributed by atoms with Crippen molar-refractivity contribution in [1.29, 1.82) is 0 Å². The van der Waals surface area contributed by atoms with E-state index in [2.05, 4.69) is 10.3 Å². The number of aliphatic imine (C=N–C) groups is 1. The van der Waals surface area contributed by atoms with Gasteiger partial charge < -0.3 is 15.0 Å². The quantitative estimate of drug-likeness (QED) is 0.602. The third-order valence-electron chi connectivity index (χ3n) is 5.47. The number of allylic oxidation sites excluding steroid dienone is 1. The maximum atomic E-state index is 14.2. The lowest BCUT2D eigenvalue weighted by molar-refractivity contribution is -0.136. The standard InChI is InChI=1S/C25H24FN3O3S/c1-3-20-22(24(31)32-2)23(17-10-7-11-18(26)12-17)29-19(15-33-25(29)28-20)13-21(30)27-14-16-8-5-4-6-9-16/h4-12,15,23H,3,13-14H2,1-2H3,(H,27,30)/t23-/m0/s1. The van der Waals surface area contributed by atoms with Crippen molar-refractivity contribution in [2.45, 2.75) is 32.4 Å². The van der Waals surface area contributed by atoms with E-state index in [0.29, 0.717) is 40.7 Å². The summed E-state index contributed by atoms with van der Waals surface area (Å²) in [6, 6.07) is 15.1. The molecule has 0 aromatic heterocycles. The van der Waals surface area contributed by atoms with Crippen LogP contribution in [0.15, 0.2) is 82.0 Å². The molecular formula is C25H24FN3O3S. The Labute approximate surface area is 196 Å². The van der Waals surface area contributed by atoms with Gasteiger partial charge in [-0.1, -0.05) is 61.2 Å². The zero-order chi connectivity index (χ0) is 23.4. The first-order valence-electron chi connectivity index (χ1n) is 10.6. The third-order valence-corrected chi connectivity index (χ3v) is 6.36. The van der Waals surface area contributed by atoms with Gasteiger partial charge in [-0.15, -0.1) is 0 Å². The van der Waals surface area contributed by atoms with Crippen molar-refractivity contribution < 1.29 is 18.7 Å². The van der Waals surface area contributed by atoms with Crippen LogP contribution in [0.5, 0.6) is 0 Å². The second-order valence-electron chi connectivity index (χ2n) is 7.59. The Bertz CT molecular complexity index is 1160. The molecule has 2 aliphatic heterocycles. The van der Waals surface area contributed by atoms with Crippen LogP contribution in [0, 0.1) is 5.82 Å². The maximum absolute atomic E-state index is 14.2. The molecule has 1 atom stereocenters. The molecule has 2 aromatic carbocycles. The largest absolute Gasteiger partial charge is 0.466 e. The van der Waals surface area contributed by atoms with Crippen LogP contribution in [0.3, 0.4) is 0 Å². The normalized spacial score (nSPS) is 17.3. The van der Waals surface area contributed by atoms with E-state index in [9.17, 15) is 14.0 Å². The molecule has 4 rings (SSSR count). The van der Waals surface area contributed by atoms with Gasteiger partial charge in [0.25, 0.3) is 0 Å². The average Bonchev–Trinajstić information content (AvgIpc) is 3.23. The van der Waals surface area contributed by atoms with Crippen molar-refractivity contribution in [2.75, 3.05) is 7.11 Å². The van der Waals surface area contributed by atoms with Gasteiger partial charge in [-0.05, 0) is 35.1 Å².